The summed E-state index contributed by atoms with van der Waals surface area (Å²) in [6, 6.07) is 20.4. The van der Waals surface area contributed by atoms with Gasteiger partial charge in [0.25, 0.3) is 0 Å². The van der Waals surface area contributed by atoms with E-state index >= 15 is 0 Å². The number of ether oxygens (including phenoxy) is 3. The monoisotopic (exact) mass is 593 g/mol. The third-order valence-electron chi connectivity index (χ3n) is 8.11. The number of aromatic nitrogens is 1. The number of rotatable bonds is 6. The molecule has 0 bridgehead atoms. The maximum absolute atomic E-state index is 14.0. The number of hydrogen-bond donors (Lipinski definition) is 1. The number of benzene rings is 2. The predicted octanol–water partition coefficient (Wildman–Crippen LogP) is 4.80. The molecule has 0 radical (unpaired) electrons. The minimum atomic E-state index is -1.26. The molecular formula is C31H32ClN3O5S. The molecule has 10 heteroatoms. The van der Waals surface area contributed by atoms with Crippen LogP contribution in [-0.4, -0.2) is 66.6 Å². The average Bonchev–Trinajstić information content (AvgIpc) is 3.01. The lowest BCUT2D eigenvalue weighted by atomic mass is 9.74. The summed E-state index contributed by atoms with van der Waals surface area (Å²) < 4.78 is 18.6. The number of halogens is 1. The van der Waals surface area contributed by atoms with Crippen LogP contribution in [0.3, 0.4) is 0 Å². The Hall–Kier alpha value is -3.11. The molecule has 0 saturated carbocycles. The highest BCUT2D eigenvalue weighted by molar-refractivity contribution is 7.78. The number of carbonyl (C=O) groups excluding carboxylic acids is 2. The van der Waals surface area contributed by atoms with Crippen molar-refractivity contribution in [3.05, 3.63) is 88.6 Å². The van der Waals surface area contributed by atoms with E-state index in [4.69, 9.17) is 43.6 Å². The number of Topliss-reactive ketones (excluding diaryl/α,β-unsaturated/α-hetero) is 1. The minimum absolute atomic E-state index is 0.0124. The van der Waals surface area contributed by atoms with Gasteiger partial charge in [-0.15, -0.1) is 0 Å². The van der Waals surface area contributed by atoms with Crippen molar-refractivity contribution in [2.75, 3.05) is 44.4 Å². The molecule has 2 atom stereocenters. The van der Waals surface area contributed by atoms with Crippen molar-refractivity contribution in [1.82, 2.24) is 9.29 Å². The zero-order valence-corrected chi connectivity index (χ0v) is 24.2. The van der Waals surface area contributed by atoms with Gasteiger partial charge in [-0.2, -0.15) is 0 Å². The fourth-order valence-electron chi connectivity index (χ4n) is 5.91. The fourth-order valence-corrected chi connectivity index (χ4v) is 6.56. The van der Waals surface area contributed by atoms with Gasteiger partial charge in [-0.05, 0) is 35.4 Å². The number of thiol groups is 1. The number of pyridine rings is 1. The third kappa shape index (κ3) is 5.44. The Morgan fingerprint density at radius 1 is 0.902 bits per heavy atom. The number of hydrogen-bond acceptors (Lipinski definition) is 8. The van der Waals surface area contributed by atoms with Crippen LogP contribution in [0.1, 0.15) is 42.0 Å². The van der Waals surface area contributed by atoms with Gasteiger partial charge >= 0.3 is 0 Å². The molecular weight excluding hydrogens is 562 g/mol. The van der Waals surface area contributed by atoms with Crippen molar-refractivity contribution < 1.29 is 23.8 Å². The molecule has 4 heterocycles. The second-order valence-electron chi connectivity index (χ2n) is 10.5. The van der Waals surface area contributed by atoms with Crippen molar-refractivity contribution in [2.24, 2.45) is 0 Å². The van der Waals surface area contributed by atoms with Gasteiger partial charge in [0.05, 0.1) is 32.1 Å². The topological polar surface area (TPSA) is 81.2 Å². The van der Waals surface area contributed by atoms with Crippen molar-refractivity contribution >= 4 is 41.8 Å². The van der Waals surface area contributed by atoms with E-state index in [0.29, 0.717) is 48.6 Å². The van der Waals surface area contributed by atoms with E-state index in [1.54, 1.807) is 30.3 Å². The molecule has 3 aliphatic rings. The number of nitrogens with zero attached hydrogens (tertiary/aromatic N) is 3. The van der Waals surface area contributed by atoms with Gasteiger partial charge in [0.1, 0.15) is 17.6 Å². The molecule has 0 aliphatic carbocycles. The van der Waals surface area contributed by atoms with Crippen LogP contribution < -0.4 is 9.64 Å². The first kappa shape index (κ1) is 28.0. The summed E-state index contributed by atoms with van der Waals surface area (Å²) >= 11 is 11.2. The van der Waals surface area contributed by atoms with Crippen LogP contribution in [-0.2, 0) is 24.6 Å². The van der Waals surface area contributed by atoms with Gasteiger partial charge in [-0.3, -0.25) is 13.9 Å². The Kier molecular flexibility index (Phi) is 8.21. The summed E-state index contributed by atoms with van der Waals surface area (Å²) in [5.41, 5.74) is 1.51. The Balaban J connectivity index is 1.41. The van der Waals surface area contributed by atoms with Crippen molar-refractivity contribution in [3.63, 3.8) is 0 Å². The predicted molar refractivity (Wildman–Crippen MR) is 159 cm³/mol. The zero-order valence-electron chi connectivity index (χ0n) is 22.6. The average molecular weight is 594 g/mol. The van der Waals surface area contributed by atoms with E-state index in [-0.39, 0.29) is 18.3 Å². The number of amides is 1. The van der Waals surface area contributed by atoms with E-state index in [0.717, 1.165) is 37.2 Å². The van der Waals surface area contributed by atoms with E-state index < -0.39 is 17.4 Å². The summed E-state index contributed by atoms with van der Waals surface area (Å²) in [5, 5.41) is 0.369. The zero-order chi connectivity index (χ0) is 28.4. The second kappa shape index (κ2) is 12.0. The molecule has 3 saturated heterocycles. The number of carbonyl (C=O) groups is 2. The van der Waals surface area contributed by atoms with Crippen LogP contribution in [0.4, 0.5) is 5.69 Å². The molecule has 8 nitrogen and oxygen atoms in total. The SMILES string of the molecule is O=C1CC(c2ccc(N3CCOCC3)cc2)(c2cccc(OC3CCOCC3)n2)N(S)C(=O)C1c1ccccc1Cl. The first-order valence-electron chi connectivity index (χ1n) is 13.9. The molecule has 3 aliphatic heterocycles. The van der Waals surface area contributed by atoms with Gasteiger partial charge in [0.15, 0.2) is 5.78 Å². The quantitative estimate of drug-likeness (QED) is 0.325. The smallest absolute Gasteiger partial charge is 0.248 e. The highest BCUT2D eigenvalue weighted by Gasteiger charge is 2.53. The van der Waals surface area contributed by atoms with E-state index in [1.165, 1.54) is 4.31 Å². The molecule has 0 N–H and O–H groups in total. The minimum Gasteiger partial charge on any atom is -0.474 e. The molecule has 3 fully saturated rings. The lowest BCUT2D eigenvalue weighted by molar-refractivity contribution is -0.142. The summed E-state index contributed by atoms with van der Waals surface area (Å²) in [4.78, 5) is 35.1. The van der Waals surface area contributed by atoms with Crippen LogP contribution in [0.5, 0.6) is 5.88 Å². The maximum Gasteiger partial charge on any atom is 0.248 e. The standard InChI is InChI=1S/C31H32ClN3O5S/c32-25-5-2-1-4-24(25)29-26(36)20-31(35(41)30(29)37,21-8-10-22(11-9-21)34-14-18-39-19-15-34)27-6-3-7-28(33-27)40-23-12-16-38-17-13-23/h1-11,23,29,41H,12-20H2. The van der Waals surface area contributed by atoms with Crippen molar-refractivity contribution in [1.29, 1.82) is 0 Å². The van der Waals surface area contributed by atoms with Crippen LogP contribution in [0, 0.1) is 0 Å². The first-order valence-corrected chi connectivity index (χ1v) is 14.7. The van der Waals surface area contributed by atoms with Gasteiger partial charge < -0.3 is 19.1 Å². The molecule has 214 valence electrons. The molecule has 2 unspecified atom stereocenters. The first-order chi connectivity index (χ1) is 20.0. The van der Waals surface area contributed by atoms with E-state index in [2.05, 4.69) is 4.90 Å². The van der Waals surface area contributed by atoms with Crippen LogP contribution in [0.2, 0.25) is 5.02 Å². The Labute approximate surface area is 250 Å². The van der Waals surface area contributed by atoms with Crippen LogP contribution in [0.25, 0.3) is 0 Å². The van der Waals surface area contributed by atoms with E-state index in [1.807, 2.05) is 36.4 Å². The van der Waals surface area contributed by atoms with Crippen LogP contribution in [0.15, 0.2) is 66.7 Å². The van der Waals surface area contributed by atoms with Gasteiger partial charge in [-0.25, -0.2) is 4.98 Å². The second-order valence-corrected chi connectivity index (χ2v) is 11.4. The van der Waals surface area contributed by atoms with E-state index in [9.17, 15) is 9.59 Å². The molecule has 1 amide bonds. The number of piperidine rings is 1. The number of ketones is 1. The summed E-state index contributed by atoms with van der Waals surface area (Å²) in [5.74, 6) is -1.31. The maximum atomic E-state index is 14.0. The lowest BCUT2D eigenvalue weighted by Gasteiger charge is -2.45. The Bertz CT molecular complexity index is 1410. The normalized spacial score (nSPS) is 24.0. The van der Waals surface area contributed by atoms with Crippen molar-refractivity contribution in [2.45, 2.75) is 36.8 Å². The summed E-state index contributed by atoms with van der Waals surface area (Å²) in [6.45, 7) is 4.22. The molecule has 2 aromatic carbocycles. The lowest BCUT2D eigenvalue weighted by Crippen LogP contribution is -2.54. The van der Waals surface area contributed by atoms with Crippen molar-refractivity contribution in [3.8, 4) is 5.88 Å². The molecule has 41 heavy (non-hydrogen) atoms. The highest BCUT2D eigenvalue weighted by atomic mass is 35.5. The Morgan fingerprint density at radius 3 is 2.34 bits per heavy atom. The number of anilines is 1. The molecule has 1 aromatic heterocycles. The summed E-state index contributed by atoms with van der Waals surface area (Å²) in [7, 11) is 0. The van der Waals surface area contributed by atoms with Gasteiger partial charge in [0, 0.05) is 49.1 Å². The van der Waals surface area contributed by atoms with Crippen LogP contribution >= 0.6 is 24.4 Å². The molecule has 6 rings (SSSR count). The van der Waals surface area contributed by atoms with Gasteiger partial charge in [-0.1, -0.05) is 60.8 Å². The highest BCUT2D eigenvalue weighted by Crippen LogP contribution is 2.48. The Morgan fingerprint density at radius 2 is 1.61 bits per heavy atom. The molecule has 3 aromatic rings. The fraction of sp³-hybridized carbons (Fsp3) is 0.387. The largest absolute Gasteiger partial charge is 0.474 e. The number of morpholine rings is 1. The van der Waals surface area contributed by atoms with Gasteiger partial charge in [0.2, 0.25) is 11.8 Å². The third-order valence-corrected chi connectivity index (χ3v) is 8.99. The summed E-state index contributed by atoms with van der Waals surface area (Å²) in [6.07, 6.45) is 1.51. The molecule has 0 spiro atoms.